The van der Waals surface area contributed by atoms with Crippen LogP contribution in [0.4, 0.5) is 5.69 Å². The van der Waals surface area contributed by atoms with Crippen LogP contribution in [0.5, 0.6) is 17.2 Å². The van der Waals surface area contributed by atoms with Crippen molar-refractivity contribution in [2.45, 2.75) is 18.8 Å². The molecule has 5 nitrogen and oxygen atoms in total. The lowest BCUT2D eigenvalue weighted by Crippen LogP contribution is -2.28. The molecule has 0 spiro atoms. The number of thioether (sulfide) groups is 1. The van der Waals surface area contributed by atoms with Gasteiger partial charge in [-0.15, -0.1) is 17.0 Å². The van der Waals surface area contributed by atoms with E-state index in [2.05, 4.69) is 53.4 Å². The van der Waals surface area contributed by atoms with E-state index in [1.54, 1.807) is 33.1 Å². The Balaban J connectivity index is 0.00000420. The van der Waals surface area contributed by atoms with Crippen molar-refractivity contribution in [2.24, 2.45) is 4.99 Å². The Labute approximate surface area is 250 Å². The SMILES string of the molecule is Br.COc1ccc(CN(Cc2ccc(OC)cc2)C(=Nc2cc(OC)ccc2Cl)SCc2ccccc2)cc1. The maximum Gasteiger partial charge on any atom is 0.165 e. The van der Waals surface area contributed by atoms with E-state index in [0.717, 1.165) is 33.5 Å². The predicted molar refractivity (Wildman–Crippen MR) is 168 cm³/mol. The van der Waals surface area contributed by atoms with Gasteiger partial charge in [0, 0.05) is 24.9 Å². The van der Waals surface area contributed by atoms with E-state index in [-0.39, 0.29) is 17.0 Å². The fourth-order valence-electron chi connectivity index (χ4n) is 3.82. The molecule has 0 amide bonds. The summed E-state index contributed by atoms with van der Waals surface area (Å²) >= 11 is 8.27. The summed E-state index contributed by atoms with van der Waals surface area (Å²) in [6.45, 7) is 1.30. The maximum atomic E-state index is 6.59. The Hall–Kier alpha value is -3.13. The minimum atomic E-state index is 0. The quantitative estimate of drug-likeness (QED) is 0.130. The number of rotatable bonds is 10. The van der Waals surface area contributed by atoms with E-state index >= 15 is 0 Å². The highest BCUT2D eigenvalue weighted by Gasteiger charge is 2.16. The number of ether oxygens (including phenoxy) is 3. The van der Waals surface area contributed by atoms with E-state index in [4.69, 9.17) is 30.8 Å². The van der Waals surface area contributed by atoms with Crippen molar-refractivity contribution in [3.8, 4) is 17.2 Å². The summed E-state index contributed by atoms with van der Waals surface area (Å²) in [5, 5.41) is 1.42. The van der Waals surface area contributed by atoms with Crippen LogP contribution in [0, 0.1) is 0 Å². The second-order valence-electron chi connectivity index (χ2n) is 8.54. The summed E-state index contributed by atoms with van der Waals surface area (Å²) < 4.78 is 16.2. The molecule has 0 heterocycles. The second-order valence-corrected chi connectivity index (χ2v) is 9.89. The monoisotopic (exact) mass is 626 g/mol. The molecule has 0 bridgehead atoms. The van der Waals surface area contributed by atoms with Gasteiger partial charge in [0.2, 0.25) is 0 Å². The first-order valence-corrected chi connectivity index (χ1v) is 13.5. The molecular formula is C31H32BrClN2O3S. The molecule has 0 aliphatic rings. The summed E-state index contributed by atoms with van der Waals surface area (Å²) in [5.74, 6) is 3.12. The van der Waals surface area contributed by atoms with Crippen molar-refractivity contribution in [3.63, 3.8) is 0 Å². The number of methoxy groups -OCH3 is 3. The molecule has 0 fully saturated rings. The van der Waals surface area contributed by atoms with Crippen molar-refractivity contribution >= 4 is 51.2 Å². The largest absolute Gasteiger partial charge is 0.497 e. The lowest BCUT2D eigenvalue weighted by Gasteiger charge is -2.27. The van der Waals surface area contributed by atoms with Crippen LogP contribution in [0.3, 0.4) is 0 Å². The van der Waals surface area contributed by atoms with Crippen molar-refractivity contribution in [3.05, 3.63) is 119 Å². The molecule has 0 atom stereocenters. The summed E-state index contributed by atoms with van der Waals surface area (Å²) in [7, 11) is 4.99. The smallest absolute Gasteiger partial charge is 0.165 e. The van der Waals surface area contributed by atoms with Crippen LogP contribution < -0.4 is 14.2 Å². The molecule has 4 aromatic carbocycles. The van der Waals surface area contributed by atoms with E-state index in [9.17, 15) is 0 Å². The lowest BCUT2D eigenvalue weighted by atomic mass is 10.1. The van der Waals surface area contributed by atoms with Crippen molar-refractivity contribution in [1.82, 2.24) is 4.90 Å². The van der Waals surface area contributed by atoms with Crippen LogP contribution in [0.25, 0.3) is 0 Å². The Morgan fingerprint density at radius 1 is 0.692 bits per heavy atom. The van der Waals surface area contributed by atoms with Gasteiger partial charge >= 0.3 is 0 Å². The normalized spacial score (nSPS) is 10.9. The average molecular weight is 628 g/mol. The number of aliphatic imine (C=N–C) groups is 1. The van der Waals surface area contributed by atoms with Crippen molar-refractivity contribution in [1.29, 1.82) is 0 Å². The first kappa shape index (κ1) is 30.4. The Kier molecular flexibility index (Phi) is 12.1. The number of amidine groups is 1. The van der Waals surface area contributed by atoms with E-state index < -0.39 is 0 Å². The number of benzene rings is 4. The maximum absolute atomic E-state index is 6.59. The van der Waals surface area contributed by atoms with Gasteiger partial charge in [-0.2, -0.15) is 0 Å². The number of nitrogens with zero attached hydrogens (tertiary/aromatic N) is 2. The molecule has 4 aromatic rings. The highest BCUT2D eigenvalue weighted by atomic mass is 79.9. The summed E-state index contributed by atoms with van der Waals surface area (Å²) in [6, 6.07) is 32.1. The van der Waals surface area contributed by atoms with Crippen LogP contribution in [0.1, 0.15) is 16.7 Å². The van der Waals surface area contributed by atoms with E-state index in [1.165, 1.54) is 5.56 Å². The predicted octanol–water partition coefficient (Wildman–Crippen LogP) is 8.57. The third-order valence-corrected chi connectivity index (χ3v) is 7.32. The Morgan fingerprint density at radius 2 is 1.21 bits per heavy atom. The average Bonchev–Trinajstić information content (AvgIpc) is 2.97. The molecule has 0 N–H and O–H groups in total. The van der Waals surface area contributed by atoms with Gasteiger partial charge in [0.05, 0.1) is 32.0 Å². The fraction of sp³-hybridized carbons (Fsp3) is 0.194. The van der Waals surface area contributed by atoms with Gasteiger partial charge in [-0.3, -0.25) is 0 Å². The minimum Gasteiger partial charge on any atom is -0.497 e. The van der Waals surface area contributed by atoms with Gasteiger partial charge in [0.15, 0.2) is 5.17 Å². The Bertz CT molecular complexity index is 1290. The zero-order valence-electron chi connectivity index (χ0n) is 22.2. The van der Waals surface area contributed by atoms with Crippen LogP contribution in [0.15, 0.2) is 102 Å². The van der Waals surface area contributed by atoms with Gasteiger partial charge in [-0.25, -0.2) is 4.99 Å². The molecule has 0 aliphatic heterocycles. The zero-order chi connectivity index (χ0) is 26.7. The third kappa shape index (κ3) is 8.95. The molecule has 0 unspecified atom stereocenters. The fourth-order valence-corrected chi connectivity index (χ4v) is 4.94. The Morgan fingerprint density at radius 3 is 1.72 bits per heavy atom. The number of hydrogen-bond acceptors (Lipinski definition) is 5. The van der Waals surface area contributed by atoms with Gasteiger partial charge < -0.3 is 19.1 Å². The molecule has 4 rings (SSSR count). The molecule has 0 aromatic heterocycles. The standard InChI is InChI=1S/C31H31ClN2O3S.BrH/c1-35-26-13-9-23(10-14-26)20-34(21-24-11-15-27(36-2)16-12-24)31(38-22-25-7-5-4-6-8-25)33-30-19-28(37-3)17-18-29(30)32;/h4-19H,20-22H2,1-3H3;1H. The molecule has 8 heteroatoms. The molecular weight excluding hydrogens is 596 g/mol. The summed E-state index contributed by atoms with van der Waals surface area (Å²) in [5.41, 5.74) is 4.17. The van der Waals surface area contributed by atoms with Gasteiger partial charge in [0.1, 0.15) is 17.2 Å². The van der Waals surface area contributed by atoms with Crippen LogP contribution in [-0.2, 0) is 18.8 Å². The third-order valence-electron chi connectivity index (χ3n) is 5.92. The summed E-state index contributed by atoms with van der Waals surface area (Å²) in [4.78, 5) is 7.36. The number of halogens is 2. The second kappa shape index (κ2) is 15.5. The molecule has 0 radical (unpaired) electrons. The first-order chi connectivity index (χ1) is 18.6. The molecule has 204 valence electrons. The lowest BCUT2D eigenvalue weighted by molar-refractivity contribution is 0.405. The molecule has 39 heavy (non-hydrogen) atoms. The van der Waals surface area contributed by atoms with Gasteiger partial charge in [0.25, 0.3) is 0 Å². The summed E-state index contributed by atoms with van der Waals surface area (Å²) in [6.07, 6.45) is 0. The highest BCUT2D eigenvalue weighted by molar-refractivity contribution is 8.93. The molecule has 0 saturated heterocycles. The molecule has 0 aliphatic carbocycles. The minimum absolute atomic E-state index is 0. The van der Waals surface area contributed by atoms with Crippen LogP contribution in [0.2, 0.25) is 5.02 Å². The highest BCUT2D eigenvalue weighted by Crippen LogP contribution is 2.32. The zero-order valence-corrected chi connectivity index (χ0v) is 25.5. The topological polar surface area (TPSA) is 43.3 Å². The van der Waals surface area contributed by atoms with Gasteiger partial charge in [-0.05, 0) is 53.1 Å². The van der Waals surface area contributed by atoms with Crippen LogP contribution in [-0.4, -0.2) is 31.4 Å². The van der Waals surface area contributed by atoms with Crippen LogP contribution >= 0.6 is 40.3 Å². The first-order valence-electron chi connectivity index (χ1n) is 12.2. The van der Waals surface area contributed by atoms with Crippen molar-refractivity contribution < 1.29 is 14.2 Å². The van der Waals surface area contributed by atoms with E-state index in [0.29, 0.717) is 29.5 Å². The van der Waals surface area contributed by atoms with E-state index in [1.807, 2.05) is 48.5 Å². The van der Waals surface area contributed by atoms with Crippen molar-refractivity contribution in [2.75, 3.05) is 21.3 Å². The van der Waals surface area contributed by atoms with Gasteiger partial charge in [-0.1, -0.05) is 78.0 Å². The number of hydrogen-bond donors (Lipinski definition) is 0. The molecule has 0 saturated carbocycles.